The number of guanidine groups is 1. The minimum absolute atomic E-state index is 0. The van der Waals surface area contributed by atoms with Gasteiger partial charge >= 0.3 is 6.09 Å². The van der Waals surface area contributed by atoms with E-state index in [4.69, 9.17) is 4.74 Å². The Balaban J connectivity index is 0. The van der Waals surface area contributed by atoms with Crippen LogP contribution in [0.15, 0.2) is 17.6 Å². The predicted molar refractivity (Wildman–Crippen MR) is 117 cm³/mol. The predicted octanol–water partition coefficient (Wildman–Crippen LogP) is 3.77. The highest BCUT2D eigenvalue weighted by Crippen LogP contribution is 2.06. The first-order valence-corrected chi connectivity index (χ1v) is 8.79. The van der Waals surface area contributed by atoms with Crippen molar-refractivity contribution in [3.8, 4) is 0 Å². The van der Waals surface area contributed by atoms with Gasteiger partial charge in [-0.3, -0.25) is 4.99 Å². The molecule has 0 bridgehead atoms. The number of ether oxygens (including phenoxy) is 1. The van der Waals surface area contributed by atoms with Gasteiger partial charge in [0, 0.05) is 33.7 Å². The molecular weight excluding hydrogens is 431 g/mol. The molecule has 0 aromatic rings. The first-order valence-electron chi connectivity index (χ1n) is 8.79. The van der Waals surface area contributed by atoms with Crippen LogP contribution in [0.3, 0.4) is 0 Å². The van der Waals surface area contributed by atoms with E-state index in [0.717, 1.165) is 38.3 Å². The van der Waals surface area contributed by atoms with E-state index in [0.29, 0.717) is 6.54 Å². The number of alkyl carbamates (subject to hydrolysis) is 1. The first-order chi connectivity index (χ1) is 11.3. The van der Waals surface area contributed by atoms with E-state index in [-0.39, 0.29) is 30.1 Å². The average molecular weight is 468 g/mol. The van der Waals surface area contributed by atoms with Crippen LogP contribution in [-0.4, -0.2) is 56.3 Å². The Morgan fingerprint density at radius 1 is 1.16 bits per heavy atom. The third kappa shape index (κ3) is 16.2. The van der Waals surface area contributed by atoms with Crippen molar-refractivity contribution in [2.75, 3.05) is 33.7 Å². The Bertz CT molecular complexity index is 395. The molecule has 0 aliphatic rings. The summed E-state index contributed by atoms with van der Waals surface area (Å²) in [6, 6.07) is 0. The molecule has 0 saturated heterocycles. The molecule has 2 N–H and O–H groups in total. The molecule has 0 saturated carbocycles. The Morgan fingerprint density at radius 3 is 2.36 bits per heavy atom. The molecule has 0 aliphatic carbocycles. The Hall–Kier alpha value is -0.990. The molecule has 0 aromatic carbocycles. The molecule has 0 aromatic heterocycles. The molecule has 0 atom stereocenters. The van der Waals surface area contributed by atoms with E-state index in [1.54, 1.807) is 7.05 Å². The molecule has 0 fully saturated rings. The van der Waals surface area contributed by atoms with Crippen LogP contribution in [0, 0.1) is 0 Å². The summed E-state index contributed by atoms with van der Waals surface area (Å²) in [7, 11) is 3.83. The SMILES string of the molecule is C=CCCCCCN(C)C(=NC)NCCCNC(=O)OC(C)(C)C.I. The number of rotatable bonds is 10. The Labute approximate surface area is 170 Å². The topological polar surface area (TPSA) is 66.0 Å². The third-order valence-corrected chi connectivity index (χ3v) is 3.28. The number of nitrogens with zero attached hydrogens (tertiary/aromatic N) is 2. The maximum Gasteiger partial charge on any atom is 0.407 e. The first kappa shape index (κ1) is 26.2. The summed E-state index contributed by atoms with van der Waals surface area (Å²) >= 11 is 0. The second-order valence-electron chi connectivity index (χ2n) is 6.82. The van der Waals surface area contributed by atoms with Crippen molar-refractivity contribution in [2.24, 2.45) is 4.99 Å². The van der Waals surface area contributed by atoms with Gasteiger partial charge in [0.05, 0.1) is 0 Å². The number of nitrogens with one attached hydrogen (secondary N) is 2. The highest BCUT2D eigenvalue weighted by Gasteiger charge is 2.15. The molecule has 25 heavy (non-hydrogen) atoms. The maximum atomic E-state index is 11.5. The van der Waals surface area contributed by atoms with Crippen LogP contribution >= 0.6 is 24.0 Å². The van der Waals surface area contributed by atoms with E-state index >= 15 is 0 Å². The summed E-state index contributed by atoms with van der Waals surface area (Å²) in [6.07, 6.45) is 7.03. The monoisotopic (exact) mass is 468 g/mol. The summed E-state index contributed by atoms with van der Waals surface area (Å²) in [5, 5.41) is 6.06. The van der Waals surface area contributed by atoms with Gasteiger partial charge in [-0.25, -0.2) is 4.79 Å². The highest BCUT2D eigenvalue weighted by atomic mass is 127. The van der Waals surface area contributed by atoms with Gasteiger partial charge in [0.2, 0.25) is 0 Å². The van der Waals surface area contributed by atoms with Gasteiger partial charge < -0.3 is 20.3 Å². The molecule has 0 radical (unpaired) electrons. The van der Waals surface area contributed by atoms with Gasteiger partial charge in [-0.2, -0.15) is 0 Å². The zero-order valence-electron chi connectivity index (χ0n) is 16.6. The average Bonchev–Trinajstić information content (AvgIpc) is 2.48. The van der Waals surface area contributed by atoms with Gasteiger partial charge in [0.15, 0.2) is 5.96 Å². The van der Waals surface area contributed by atoms with E-state index in [1.165, 1.54) is 12.8 Å². The van der Waals surface area contributed by atoms with Gasteiger partial charge in [0.1, 0.15) is 5.60 Å². The lowest BCUT2D eigenvalue weighted by molar-refractivity contribution is 0.0527. The number of aliphatic imine (C=N–C) groups is 1. The van der Waals surface area contributed by atoms with E-state index in [9.17, 15) is 4.79 Å². The van der Waals surface area contributed by atoms with Crippen LogP contribution in [0.4, 0.5) is 4.79 Å². The van der Waals surface area contributed by atoms with Crippen molar-refractivity contribution in [2.45, 2.75) is 58.5 Å². The summed E-state index contributed by atoms with van der Waals surface area (Å²) in [6.45, 7) is 11.6. The normalized spacial score (nSPS) is 11.3. The van der Waals surface area contributed by atoms with Crippen molar-refractivity contribution >= 4 is 36.0 Å². The van der Waals surface area contributed by atoms with Crippen molar-refractivity contribution in [3.05, 3.63) is 12.7 Å². The van der Waals surface area contributed by atoms with Crippen LogP contribution in [-0.2, 0) is 4.74 Å². The quantitative estimate of drug-likeness (QED) is 0.168. The van der Waals surface area contributed by atoms with Crippen LogP contribution in [0.2, 0.25) is 0 Å². The Morgan fingerprint density at radius 2 is 1.80 bits per heavy atom. The number of halogens is 1. The zero-order valence-corrected chi connectivity index (χ0v) is 18.9. The number of carbonyl (C=O) groups is 1. The second kappa shape index (κ2) is 15.3. The molecule has 0 heterocycles. The summed E-state index contributed by atoms with van der Waals surface area (Å²) in [5.74, 6) is 0.885. The lowest BCUT2D eigenvalue weighted by Crippen LogP contribution is -2.40. The summed E-state index contributed by atoms with van der Waals surface area (Å²) in [5.41, 5.74) is -0.460. The lowest BCUT2D eigenvalue weighted by Gasteiger charge is -2.22. The smallest absolute Gasteiger partial charge is 0.407 e. The second-order valence-corrected chi connectivity index (χ2v) is 6.82. The molecule has 0 unspecified atom stereocenters. The van der Waals surface area contributed by atoms with Crippen LogP contribution in [0.25, 0.3) is 0 Å². The van der Waals surface area contributed by atoms with E-state index in [1.807, 2.05) is 33.9 Å². The maximum absolute atomic E-state index is 11.5. The van der Waals surface area contributed by atoms with Crippen molar-refractivity contribution in [3.63, 3.8) is 0 Å². The summed E-state index contributed by atoms with van der Waals surface area (Å²) < 4.78 is 5.19. The zero-order chi connectivity index (χ0) is 18.4. The fraction of sp³-hybridized carbons (Fsp3) is 0.778. The summed E-state index contributed by atoms with van der Waals surface area (Å²) in [4.78, 5) is 17.9. The van der Waals surface area contributed by atoms with Crippen LogP contribution in [0.5, 0.6) is 0 Å². The minimum atomic E-state index is -0.460. The molecule has 0 aliphatic heterocycles. The van der Waals surface area contributed by atoms with Crippen LogP contribution in [0.1, 0.15) is 52.9 Å². The van der Waals surface area contributed by atoms with E-state index < -0.39 is 5.60 Å². The van der Waals surface area contributed by atoms with Crippen molar-refractivity contribution in [1.82, 2.24) is 15.5 Å². The number of hydrogen-bond donors (Lipinski definition) is 2. The van der Waals surface area contributed by atoms with Gasteiger partial charge in [0.25, 0.3) is 0 Å². The third-order valence-electron chi connectivity index (χ3n) is 3.28. The standard InChI is InChI=1S/C18H36N4O2.HI/c1-7-8-9-10-11-15-22(6)16(19-5)20-13-12-14-21-17(23)24-18(2,3)4;/h7H,1,8-15H2,2-6H3,(H,19,20)(H,21,23);1H. The lowest BCUT2D eigenvalue weighted by atomic mass is 10.2. The molecule has 0 spiro atoms. The molecular formula is C18H37IN4O2. The van der Waals surface area contributed by atoms with Crippen LogP contribution < -0.4 is 10.6 Å². The van der Waals surface area contributed by atoms with Gasteiger partial charge in [-0.1, -0.05) is 12.5 Å². The molecule has 7 heteroatoms. The fourth-order valence-corrected chi connectivity index (χ4v) is 2.10. The Kier molecular flexibility index (Phi) is 16.0. The minimum Gasteiger partial charge on any atom is -0.444 e. The number of hydrogen-bond acceptors (Lipinski definition) is 3. The molecule has 148 valence electrons. The number of allylic oxidation sites excluding steroid dienone is 1. The fourth-order valence-electron chi connectivity index (χ4n) is 2.10. The number of carbonyl (C=O) groups excluding carboxylic acids is 1. The molecule has 0 rings (SSSR count). The molecule has 1 amide bonds. The van der Waals surface area contributed by atoms with Crippen molar-refractivity contribution < 1.29 is 9.53 Å². The van der Waals surface area contributed by atoms with Crippen molar-refractivity contribution in [1.29, 1.82) is 0 Å². The van der Waals surface area contributed by atoms with Gasteiger partial charge in [-0.15, -0.1) is 30.6 Å². The molecule has 6 nitrogen and oxygen atoms in total. The van der Waals surface area contributed by atoms with E-state index in [2.05, 4.69) is 27.1 Å². The number of amides is 1. The van der Waals surface area contributed by atoms with Gasteiger partial charge in [-0.05, 0) is 46.5 Å². The highest BCUT2D eigenvalue weighted by molar-refractivity contribution is 14.0. The largest absolute Gasteiger partial charge is 0.444 e. The number of unbranched alkanes of at least 4 members (excludes halogenated alkanes) is 3.